The van der Waals surface area contributed by atoms with Gasteiger partial charge >= 0.3 is 0 Å². The van der Waals surface area contributed by atoms with Gasteiger partial charge in [0.2, 0.25) is 5.88 Å². The molecule has 5 heteroatoms. The molecule has 0 amide bonds. The number of piperidine rings is 1. The lowest BCUT2D eigenvalue weighted by atomic mass is 10.1. The van der Waals surface area contributed by atoms with E-state index in [4.69, 9.17) is 4.74 Å². The van der Waals surface area contributed by atoms with Crippen LogP contribution in [0, 0.1) is 6.92 Å². The van der Waals surface area contributed by atoms with Crippen molar-refractivity contribution in [2.45, 2.75) is 25.9 Å². The van der Waals surface area contributed by atoms with Crippen molar-refractivity contribution in [3.8, 4) is 5.88 Å². The fourth-order valence-corrected chi connectivity index (χ4v) is 2.41. The average molecular weight is 270 g/mol. The highest BCUT2D eigenvalue weighted by Crippen LogP contribution is 2.20. The van der Waals surface area contributed by atoms with E-state index in [1.165, 1.54) is 0 Å². The molecule has 1 aliphatic rings. The van der Waals surface area contributed by atoms with Crippen LogP contribution in [0.15, 0.2) is 36.8 Å². The van der Waals surface area contributed by atoms with Crippen molar-refractivity contribution in [1.82, 2.24) is 15.0 Å². The molecule has 1 saturated heterocycles. The summed E-state index contributed by atoms with van der Waals surface area (Å²) >= 11 is 0. The number of pyridine rings is 1. The van der Waals surface area contributed by atoms with Gasteiger partial charge in [-0.3, -0.25) is 4.98 Å². The van der Waals surface area contributed by atoms with E-state index < -0.39 is 0 Å². The molecule has 0 aromatic carbocycles. The first-order valence-corrected chi connectivity index (χ1v) is 6.92. The van der Waals surface area contributed by atoms with Crippen LogP contribution < -0.4 is 9.64 Å². The van der Waals surface area contributed by atoms with Crippen molar-refractivity contribution >= 4 is 5.82 Å². The molecule has 2 aromatic rings. The van der Waals surface area contributed by atoms with Gasteiger partial charge in [-0.05, 0) is 19.1 Å². The maximum atomic E-state index is 5.90. The quantitative estimate of drug-likeness (QED) is 0.856. The first kappa shape index (κ1) is 12.8. The zero-order valence-electron chi connectivity index (χ0n) is 11.6. The Bertz CT molecular complexity index is 553. The van der Waals surface area contributed by atoms with E-state index in [1.54, 1.807) is 12.4 Å². The lowest BCUT2D eigenvalue weighted by Gasteiger charge is -2.32. The number of ether oxygens (including phenoxy) is 1. The normalized spacial score (nSPS) is 16.1. The van der Waals surface area contributed by atoms with Gasteiger partial charge in [-0.1, -0.05) is 6.07 Å². The molecule has 104 valence electrons. The van der Waals surface area contributed by atoms with Crippen molar-refractivity contribution in [2.75, 3.05) is 18.0 Å². The largest absolute Gasteiger partial charge is 0.473 e. The van der Waals surface area contributed by atoms with E-state index in [-0.39, 0.29) is 6.10 Å². The summed E-state index contributed by atoms with van der Waals surface area (Å²) in [5, 5.41) is 0. The Morgan fingerprint density at radius 3 is 2.75 bits per heavy atom. The SMILES string of the molecule is Cc1cncc(OC2CCN(c3ccccn3)CC2)n1. The molecule has 20 heavy (non-hydrogen) atoms. The summed E-state index contributed by atoms with van der Waals surface area (Å²) in [4.78, 5) is 15.1. The summed E-state index contributed by atoms with van der Waals surface area (Å²) < 4.78 is 5.90. The standard InChI is InChI=1S/C15H18N4O/c1-12-10-16-11-15(18-12)20-13-5-8-19(9-6-13)14-4-2-3-7-17-14/h2-4,7,10-11,13H,5-6,8-9H2,1H3. The molecule has 1 aliphatic heterocycles. The van der Waals surface area contributed by atoms with Gasteiger partial charge < -0.3 is 9.64 Å². The van der Waals surface area contributed by atoms with Crippen molar-refractivity contribution in [2.24, 2.45) is 0 Å². The van der Waals surface area contributed by atoms with E-state index >= 15 is 0 Å². The first-order chi connectivity index (χ1) is 9.81. The maximum absolute atomic E-state index is 5.90. The number of nitrogens with zero attached hydrogens (tertiary/aromatic N) is 4. The molecule has 0 unspecified atom stereocenters. The fraction of sp³-hybridized carbons (Fsp3) is 0.400. The molecule has 3 rings (SSSR count). The summed E-state index contributed by atoms with van der Waals surface area (Å²) in [6, 6.07) is 6.01. The number of aryl methyl sites for hydroxylation is 1. The second kappa shape index (κ2) is 5.86. The molecule has 1 fully saturated rings. The molecule has 5 nitrogen and oxygen atoms in total. The van der Waals surface area contributed by atoms with E-state index in [9.17, 15) is 0 Å². The Balaban J connectivity index is 1.56. The number of rotatable bonds is 3. The van der Waals surface area contributed by atoms with Gasteiger partial charge in [0, 0.05) is 38.3 Å². The van der Waals surface area contributed by atoms with Crippen molar-refractivity contribution < 1.29 is 4.74 Å². The van der Waals surface area contributed by atoms with Crippen molar-refractivity contribution in [3.63, 3.8) is 0 Å². The van der Waals surface area contributed by atoms with Crippen LogP contribution in [-0.4, -0.2) is 34.1 Å². The zero-order chi connectivity index (χ0) is 13.8. The van der Waals surface area contributed by atoms with Crippen molar-refractivity contribution in [1.29, 1.82) is 0 Å². The molecule has 0 aliphatic carbocycles. The van der Waals surface area contributed by atoms with Crippen LogP contribution in [-0.2, 0) is 0 Å². The van der Waals surface area contributed by atoms with Gasteiger partial charge in [0.1, 0.15) is 11.9 Å². The Labute approximate surface area is 118 Å². The predicted molar refractivity (Wildman–Crippen MR) is 76.9 cm³/mol. The summed E-state index contributed by atoms with van der Waals surface area (Å²) in [6.45, 7) is 3.84. The molecule has 0 spiro atoms. The fourth-order valence-electron chi connectivity index (χ4n) is 2.41. The number of anilines is 1. The molecule has 0 radical (unpaired) electrons. The predicted octanol–water partition coefficient (Wildman–Crippen LogP) is 2.23. The van der Waals surface area contributed by atoms with Gasteiger partial charge in [-0.15, -0.1) is 0 Å². The minimum Gasteiger partial charge on any atom is -0.473 e. The minimum atomic E-state index is 0.214. The highest BCUT2D eigenvalue weighted by atomic mass is 16.5. The van der Waals surface area contributed by atoms with E-state index in [0.29, 0.717) is 5.88 Å². The van der Waals surface area contributed by atoms with Gasteiger partial charge in [0.25, 0.3) is 0 Å². The molecule has 3 heterocycles. The third-order valence-corrected chi connectivity index (χ3v) is 3.44. The third kappa shape index (κ3) is 3.04. The summed E-state index contributed by atoms with van der Waals surface area (Å²) in [5.41, 5.74) is 0.883. The third-order valence-electron chi connectivity index (χ3n) is 3.44. The Kier molecular flexibility index (Phi) is 3.76. The highest BCUT2D eigenvalue weighted by molar-refractivity contribution is 5.38. The van der Waals surface area contributed by atoms with Gasteiger partial charge in [0.15, 0.2) is 0 Å². The zero-order valence-corrected chi connectivity index (χ0v) is 11.6. The molecule has 0 atom stereocenters. The lowest BCUT2D eigenvalue weighted by Crippen LogP contribution is -2.38. The molecular weight excluding hydrogens is 252 g/mol. The highest BCUT2D eigenvalue weighted by Gasteiger charge is 2.21. The molecule has 0 bridgehead atoms. The summed E-state index contributed by atoms with van der Waals surface area (Å²) in [5.74, 6) is 1.67. The number of hydrogen-bond acceptors (Lipinski definition) is 5. The Hall–Kier alpha value is -2.17. The smallest absolute Gasteiger partial charge is 0.232 e. The minimum absolute atomic E-state index is 0.214. The molecule has 2 aromatic heterocycles. The molecule has 0 N–H and O–H groups in total. The number of aromatic nitrogens is 3. The van der Waals surface area contributed by atoms with Crippen LogP contribution in [0.2, 0.25) is 0 Å². The average Bonchev–Trinajstić information content (AvgIpc) is 2.49. The van der Waals surface area contributed by atoms with Crippen LogP contribution >= 0.6 is 0 Å². The van der Waals surface area contributed by atoms with Gasteiger partial charge in [-0.2, -0.15) is 0 Å². The maximum Gasteiger partial charge on any atom is 0.232 e. The topological polar surface area (TPSA) is 51.1 Å². The lowest BCUT2D eigenvalue weighted by molar-refractivity contribution is 0.163. The van der Waals surface area contributed by atoms with Crippen LogP contribution in [0.3, 0.4) is 0 Å². The van der Waals surface area contributed by atoms with Crippen molar-refractivity contribution in [3.05, 3.63) is 42.5 Å². The Morgan fingerprint density at radius 1 is 1.20 bits per heavy atom. The number of hydrogen-bond donors (Lipinski definition) is 0. The van der Waals surface area contributed by atoms with E-state index in [2.05, 4.69) is 19.9 Å². The van der Waals surface area contributed by atoms with Gasteiger partial charge in [0.05, 0.1) is 11.9 Å². The summed E-state index contributed by atoms with van der Waals surface area (Å²) in [7, 11) is 0. The summed E-state index contributed by atoms with van der Waals surface area (Å²) in [6.07, 6.45) is 7.42. The Morgan fingerprint density at radius 2 is 2.05 bits per heavy atom. The first-order valence-electron chi connectivity index (χ1n) is 6.92. The van der Waals surface area contributed by atoms with Crippen LogP contribution in [0.25, 0.3) is 0 Å². The second-order valence-corrected chi connectivity index (χ2v) is 4.99. The molecular formula is C15H18N4O. The second-order valence-electron chi connectivity index (χ2n) is 4.99. The van der Waals surface area contributed by atoms with E-state index in [1.807, 2.05) is 31.3 Å². The van der Waals surface area contributed by atoms with Gasteiger partial charge in [-0.25, -0.2) is 9.97 Å². The monoisotopic (exact) mass is 270 g/mol. The van der Waals surface area contributed by atoms with Crippen LogP contribution in [0.4, 0.5) is 5.82 Å². The molecule has 0 saturated carbocycles. The van der Waals surface area contributed by atoms with Crippen LogP contribution in [0.5, 0.6) is 5.88 Å². The van der Waals surface area contributed by atoms with Crippen LogP contribution in [0.1, 0.15) is 18.5 Å². The van der Waals surface area contributed by atoms with E-state index in [0.717, 1.165) is 37.4 Å².